The van der Waals surface area contributed by atoms with E-state index in [0.29, 0.717) is 13.0 Å². The van der Waals surface area contributed by atoms with Gasteiger partial charge in [0.1, 0.15) is 0 Å². The number of nitrogen functional groups attached to an aromatic ring is 1. The summed E-state index contributed by atoms with van der Waals surface area (Å²) in [4.78, 5) is 7.40. The number of ether oxygens (including phenoxy) is 1. The molecule has 1 atom stereocenters. The fourth-order valence-corrected chi connectivity index (χ4v) is 1.75. The maximum atomic E-state index is 12.9. The summed E-state index contributed by atoms with van der Waals surface area (Å²) in [5.74, 6) is -0.890. The van der Waals surface area contributed by atoms with E-state index >= 15 is 0 Å². The van der Waals surface area contributed by atoms with Crippen molar-refractivity contribution in [3.63, 3.8) is 0 Å². The monoisotopic (exact) mass is 276 g/mol. The van der Waals surface area contributed by atoms with Crippen LogP contribution >= 0.6 is 0 Å². The van der Waals surface area contributed by atoms with Crippen molar-refractivity contribution in [3.05, 3.63) is 47.9 Å². The number of hydrogen-bond acceptors (Lipinski definition) is 5. The third-order valence-electron chi connectivity index (χ3n) is 3.03. The van der Waals surface area contributed by atoms with Crippen molar-refractivity contribution in [2.75, 3.05) is 12.3 Å². The van der Waals surface area contributed by atoms with Crippen molar-refractivity contribution in [2.45, 2.75) is 18.9 Å². The number of benzene rings is 1. The molecule has 1 heterocycles. The summed E-state index contributed by atoms with van der Waals surface area (Å²) >= 11 is 0. The molecule has 0 radical (unpaired) electrons. The van der Waals surface area contributed by atoms with Crippen LogP contribution < -0.4 is 16.2 Å². The molecule has 0 saturated heterocycles. The van der Waals surface area contributed by atoms with Crippen molar-refractivity contribution in [1.82, 2.24) is 9.97 Å². The smallest absolute Gasteiger partial charge is 0.318 e. The zero-order valence-electron chi connectivity index (χ0n) is 11.2. The standard InChI is InChI=1S/C14H17FN4O/c1-14(17,10-5-3-2-4-6-10)7-8-20-13-18-9-11(15)12(16)19-13/h2-6,9H,7-8,17H2,1H3,(H2,16,18,19). The molecule has 0 aliphatic heterocycles. The Bertz CT molecular complexity index is 575. The van der Waals surface area contributed by atoms with Crippen molar-refractivity contribution < 1.29 is 9.13 Å². The Hall–Kier alpha value is -2.21. The quantitative estimate of drug-likeness (QED) is 0.870. The summed E-state index contributed by atoms with van der Waals surface area (Å²) < 4.78 is 18.3. The number of nitrogens with zero attached hydrogens (tertiary/aromatic N) is 2. The zero-order valence-corrected chi connectivity index (χ0v) is 11.2. The van der Waals surface area contributed by atoms with E-state index in [-0.39, 0.29) is 11.8 Å². The van der Waals surface area contributed by atoms with Crippen LogP contribution in [0.25, 0.3) is 0 Å². The second kappa shape index (κ2) is 5.83. The average Bonchev–Trinajstić information content (AvgIpc) is 2.44. The lowest BCUT2D eigenvalue weighted by Crippen LogP contribution is -2.34. The second-order valence-corrected chi connectivity index (χ2v) is 4.77. The van der Waals surface area contributed by atoms with Gasteiger partial charge in [0.15, 0.2) is 11.6 Å². The van der Waals surface area contributed by atoms with E-state index in [4.69, 9.17) is 16.2 Å². The highest BCUT2D eigenvalue weighted by molar-refractivity contribution is 5.29. The van der Waals surface area contributed by atoms with Crippen molar-refractivity contribution in [3.8, 4) is 6.01 Å². The van der Waals surface area contributed by atoms with Crippen LogP contribution in [0.15, 0.2) is 36.5 Å². The van der Waals surface area contributed by atoms with Crippen molar-refractivity contribution in [1.29, 1.82) is 0 Å². The Balaban J connectivity index is 1.93. The number of halogens is 1. The molecule has 0 bridgehead atoms. The van der Waals surface area contributed by atoms with Gasteiger partial charge in [0.25, 0.3) is 0 Å². The normalized spacial score (nSPS) is 13.8. The van der Waals surface area contributed by atoms with Crippen LogP contribution in [-0.2, 0) is 5.54 Å². The molecule has 1 unspecified atom stereocenters. The predicted molar refractivity (Wildman–Crippen MR) is 74.5 cm³/mol. The highest BCUT2D eigenvalue weighted by Crippen LogP contribution is 2.21. The minimum Gasteiger partial charge on any atom is -0.463 e. The molecular formula is C14H17FN4O. The number of rotatable bonds is 5. The van der Waals surface area contributed by atoms with Crippen LogP contribution in [0.4, 0.5) is 10.2 Å². The van der Waals surface area contributed by atoms with Gasteiger partial charge in [-0.1, -0.05) is 30.3 Å². The van der Waals surface area contributed by atoms with Crippen LogP contribution in [-0.4, -0.2) is 16.6 Å². The maximum Gasteiger partial charge on any atom is 0.318 e. The van der Waals surface area contributed by atoms with Gasteiger partial charge < -0.3 is 16.2 Å². The Morgan fingerprint density at radius 1 is 1.30 bits per heavy atom. The first-order chi connectivity index (χ1) is 9.49. The van der Waals surface area contributed by atoms with Crippen molar-refractivity contribution in [2.24, 2.45) is 5.73 Å². The fourth-order valence-electron chi connectivity index (χ4n) is 1.75. The first kappa shape index (κ1) is 14.2. The second-order valence-electron chi connectivity index (χ2n) is 4.77. The van der Waals surface area contributed by atoms with E-state index in [1.807, 2.05) is 37.3 Å². The van der Waals surface area contributed by atoms with E-state index in [9.17, 15) is 4.39 Å². The fraction of sp³-hybridized carbons (Fsp3) is 0.286. The SMILES string of the molecule is CC(N)(CCOc1ncc(F)c(N)n1)c1ccccc1. The van der Waals surface area contributed by atoms with Crippen LogP contribution in [0, 0.1) is 5.82 Å². The summed E-state index contributed by atoms with van der Waals surface area (Å²) in [6.07, 6.45) is 1.55. The van der Waals surface area contributed by atoms with Gasteiger partial charge in [-0.2, -0.15) is 4.98 Å². The molecule has 0 aliphatic rings. The Labute approximate surface area is 116 Å². The molecule has 6 heteroatoms. The Kier molecular flexibility index (Phi) is 4.14. The van der Waals surface area contributed by atoms with Crippen LogP contribution in [0.1, 0.15) is 18.9 Å². The lowest BCUT2D eigenvalue weighted by Gasteiger charge is -2.24. The summed E-state index contributed by atoms with van der Waals surface area (Å²) in [6.45, 7) is 2.23. The zero-order chi connectivity index (χ0) is 14.6. The molecule has 0 aliphatic carbocycles. The van der Waals surface area contributed by atoms with E-state index < -0.39 is 11.4 Å². The molecule has 1 aromatic heterocycles. The molecule has 20 heavy (non-hydrogen) atoms. The van der Waals surface area contributed by atoms with E-state index in [0.717, 1.165) is 11.8 Å². The topological polar surface area (TPSA) is 87.0 Å². The number of aromatic nitrogens is 2. The molecule has 0 amide bonds. The van der Waals surface area contributed by atoms with Gasteiger partial charge in [0, 0.05) is 12.0 Å². The van der Waals surface area contributed by atoms with Gasteiger partial charge in [-0.15, -0.1) is 0 Å². The molecule has 5 nitrogen and oxygen atoms in total. The summed E-state index contributed by atoms with van der Waals surface area (Å²) in [5.41, 5.74) is 12.1. The molecule has 2 rings (SSSR count). The van der Waals surface area contributed by atoms with Gasteiger partial charge in [0.2, 0.25) is 0 Å². The van der Waals surface area contributed by atoms with Gasteiger partial charge in [-0.3, -0.25) is 0 Å². The van der Waals surface area contributed by atoms with Crippen LogP contribution in [0.5, 0.6) is 6.01 Å². The highest BCUT2D eigenvalue weighted by Gasteiger charge is 2.21. The molecule has 1 aromatic carbocycles. The minimum atomic E-state index is -0.662. The number of hydrogen-bond donors (Lipinski definition) is 2. The van der Waals surface area contributed by atoms with Gasteiger partial charge >= 0.3 is 6.01 Å². The molecule has 4 N–H and O–H groups in total. The average molecular weight is 276 g/mol. The third-order valence-corrected chi connectivity index (χ3v) is 3.03. The lowest BCUT2D eigenvalue weighted by atomic mass is 9.90. The summed E-state index contributed by atoms with van der Waals surface area (Å²) in [7, 11) is 0. The van der Waals surface area contributed by atoms with Gasteiger partial charge in [0.05, 0.1) is 12.8 Å². The predicted octanol–water partition coefficient (Wildman–Crippen LogP) is 1.84. The lowest BCUT2D eigenvalue weighted by molar-refractivity contribution is 0.249. The number of anilines is 1. The minimum absolute atomic E-state index is 0.0489. The highest BCUT2D eigenvalue weighted by atomic mass is 19.1. The molecule has 0 fully saturated rings. The van der Waals surface area contributed by atoms with Gasteiger partial charge in [-0.05, 0) is 12.5 Å². The molecule has 0 saturated carbocycles. The Morgan fingerprint density at radius 2 is 2.00 bits per heavy atom. The van der Waals surface area contributed by atoms with Crippen LogP contribution in [0.2, 0.25) is 0 Å². The summed E-state index contributed by atoms with van der Waals surface area (Å²) in [5, 5.41) is 0. The Morgan fingerprint density at radius 3 is 2.65 bits per heavy atom. The molecule has 0 spiro atoms. The van der Waals surface area contributed by atoms with E-state index in [1.54, 1.807) is 0 Å². The largest absolute Gasteiger partial charge is 0.463 e. The summed E-state index contributed by atoms with van der Waals surface area (Å²) in [6, 6.07) is 9.79. The first-order valence-electron chi connectivity index (χ1n) is 6.24. The van der Waals surface area contributed by atoms with E-state index in [2.05, 4.69) is 9.97 Å². The van der Waals surface area contributed by atoms with Gasteiger partial charge in [-0.25, -0.2) is 9.37 Å². The first-order valence-corrected chi connectivity index (χ1v) is 6.24. The third kappa shape index (κ3) is 3.42. The van der Waals surface area contributed by atoms with E-state index in [1.165, 1.54) is 0 Å². The van der Waals surface area contributed by atoms with Crippen molar-refractivity contribution >= 4 is 5.82 Å². The maximum absolute atomic E-state index is 12.9. The van der Waals surface area contributed by atoms with Crippen LogP contribution in [0.3, 0.4) is 0 Å². The molecule has 2 aromatic rings. The molecule has 106 valence electrons. The molecular weight excluding hydrogens is 259 g/mol. The number of nitrogens with two attached hydrogens (primary N) is 2.